The molecule has 1 heterocycles. The van der Waals surface area contributed by atoms with Gasteiger partial charge in [-0.2, -0.15) is 0 Å². The fraction of sp³-hybridized carbons (Fsp3) is 0.588. The summed E-state index contributed by atoms with van der Waals surface area (Å²) >= 11 is 0. The molecular formula is C17H27N3O. The standard InChI is InChI=1S/C17H27N3O/c1-5-10-20-16-9-7-6-8-15(16)18-17(20)12-19(13(2)3)11-14(4)21/h6-9,13-14,21H,5,10-12H2,1-4H3. The highest BCUT2D eigenvalue weighted by molar-refractivity contribution is 5.75. The van der Waals surface area contributed by atoms with E-state index in [4.69, 9.17) is 4.98 Å². The molecule has 0 aliphatic carbocycles. The van der Waals surface area contributed by atoms with Gasteiger partial charge in [0.2, 0.25) is 0 Å². The van der Waals surface area contributed by atoms with Crippen LogP contribution in [-0.2, 0) is 13.1 Å². The molecule has 1 atom stereocenters. The van der Waals surface area contributed by atoms with Crippen LogP contribution in [0.4, 0.5) is 0 Å². The maximum atomic E-state index is 9.69. The summed E-state index contributed by atoms with van der Waals surface area (Å²) in [7, 11) is 0. The Morgan fingerprint density at radius 3 is 2.57 bits per heavy atom. The number of aromatic nitrogens is 2. The Morgan fingerprint density at radius 2 is 1.95 bits per heavy atom. The number of rotatable bonds is 7. The van der Waals surface area contributed by atoms with E-state index in [1.54, 1.807) is 0 Å². The Morgan fingerprint density at radius 1 is 1.24 bits per heavy atom. The van der Waals surface area contributed by atoms with E-state index in [0.29, 0.717) is 12.6 Å². The van der Waals surface area contributed by atoms with Gasteiger partial charge < -0.3 is 9.67 Å². The topological polar surface area (TPSA) is 41.3 Å². The highest BCUT2D eigenvalue weighted by Crippen LogP contribution is 2.18. The van der Waals surface area contributed by atoms with E-state index in [9.17, 15) is 5.11 Å². The third-order valence-electron chi connectivity index (χ3n) is 3.75. The van der Waals surface area contributed by atoms with E-state index >= 15 is 0 Å². The number of para-hydroxylation sites is 2. The molecule has 116 valence electrons. The number of imidazole rings is 1. The van der Waals surface area contributed by atoms with Crippen LogP contribution in [0.1, 0.15) is 39.9 Å². The predicted molar refractivity (Wildman–Crippen MR) is 87.3 cm³/mol. The number of aliphatic hydroxyl groups is 1. The van der Waals surface area contributed by atoms with Crippen molar-refractivity contribution in [3.8, 4) is 0 Å². The van der Waals surface area contributed by atoms with Crippen molar-refractivity contribution in [1.29, 1.82) is 0 Å². The lowest BCUT2D eigenvalue weighted by Gasteiger charge is -2.27. The van der Waals surface area contributed by atoms with E-state index in [0.717, 1.165) is 30.9 Å². The molecule has 2 rings (SSSR count). The number of benzene rings is 1. The van der Waals surface area contributed by atoms with Crippen molar-refractivity contribution in [1.82, 2.24) is 14.5 Å². The SMILES string of the molecule is CCCn1c(CN(CC(C)O)C(C)C)nc2ccccc21. The lowest BCUT2D eigenvalue weighted by molar-refractivity contribution is 0.100. The fourth-order valence-corrected chi connectivity index (χ4v) is 2.70. The third kappa shape index (κ3) is 3.83. The van der Waals surface area contributed by atoms with Gasteiger partial charge in [0, 0.05) is 19.1 Å². The highest BCUT2D eigenvalue weighted by atomic mass is 16.3. The summed E-state index contributed by atoms with van der Waals surface area (Å²) in [6, 6.07) is 8.69. The minimum Gasteiger partial charge on any atom is -0.392 e. The second-order valence-electron chi connectivity index (χ2n) is 6.04. The van der Waals surface area contributed by atoms with Crippen LogP contribution >= 0.6 is 0 Å². The Hall–Kier alpha value is -1.39. The quantitative estimate of drug-likeness (QED) is 0.852. The van der Waals surface area contributed by atoms with Crippen LogP contribution in [0.2, 0.25) is 0 Å². The second kappa shape index (κ2) is 7.05. The van der Waals surface area contributed by atoms with Gasteiger partial charge in [-0.1, -0.05) is 19.1 Å². The smallest absolute Gasteiger partial charge is 0.124 e. The summed E-state index contributed by atoms with van der Waals surface area (Å²) < 4.78 is 2.31. The van der Waals surface area contributed by atoms with Gasteiger partial charge in [0.05, 0.1) is 23.7 Å². The number of aliphatic hydroxyl groups excluding tert-OH is 1. The lowest BCUT2D eigenvalue weighted by Crippen LogP contribution is -2.36. The molecule has 0 fully saturated rings. The highest BCUT2D eigenvalue weighted by Gasteiger charge is 2.17. The second-order valence-corrected chi connectivity index (χ2v) is 6.04. The molecule has 0 radical (unpaired) electrons. The van der Waals surface area contributed by atoms with Gasteiger partial charge >= 0.3 is 0 Å². The molecule has 1 N–H and O–H groups in total. The fourth-order valence-electron chi connectivity index (χ4n) is 2.70. The molecular weight excluding hydrogens is 262 g/mol. The van der Waals surface area contributed by atoms with Crippen LogP contribution in [-0.4, -0.2) is 38.2 Å². The first kappa shape index (κ1) is 16.0. The predicted octanol–water partition coefficient (Wildman–Crippen LogP) is 3.04. The minimum absolute atomic E-state index is 0.323. The van der Waals surface area contributed by atoms with E-state index in [1.165, 1.54) is 5.52 Å². The third-order valence-corrected chi connectivity index (χ3v) is 3.75. The molecule has 0 aliphatic rings. The Labute approximate surface area is 127 Å². The van der Waals surface area contributed by atoms with E-state index in [2.05, 4.69) is 48.4 Å². The molecule has 21 heavy (non-hydrogen) atoms. The Kier molecular flexibility index (Phi) is 5.37. The summed E-state index contributed by atoms with van der Waals surface area (Å²) in [5.41, 5.74) is 2.26. The van der Waals surface area contributed by atoms with Crippen LogP contribution in [0.15, 0.2) is 24.3 Å². The summed E-state index contributed by atoms with van der Waals surface area (Å²) in [6.45, 7) is 10.8. The number of hydrogen-bond donors (Lipinski definition) is 1. The van der Waals surface area contributed by atoms with Gasteiger partial charge in [-0.05, 0) is 39.3 Å². The molecule has 4 nitrogen and oxygen atoms in total. The molecule has 1 aromatic heterocycles. The zero-order chi connectivity index (χ0) is 15.4. The zero-order valence-corrected chi connectivity index (χ0v) is 13.6. The van der Waals surface area contributed by atoms with Gasteiger partial charge in [0.1, 0.15) is 5.82 Å². The maximum absolute atomic E-state index is 9.69. The average Bonchev–Trinajstić information content (AvgIpc) is 2.76. The lowest BCUT2D eigenvalue weighted by atomic mass is 10.2. The number of hydrogen-bond acceptors (Lipinski definition) is 3. The monoisotopic (exact) mass is 289 g/mol. The first-order valence-electron chi connectivity index (χ1n) is 7.89. The molecule has 4 heteroatoms. The largest absolute Gasteiger partial charge is 0.392 e. The van der Waals surface area contributed by atoms with Gasteiger partial charge in [0.25, 0.3) is 0 Å². The molecule has 0 amide bonds. The number of aryl methyl sites for hydroxylation is 1. The van der Waals surface area contributed by atoms with Gasteiger partial charge in [-0.25, -0.2) is 4.98 Å². The van der Waals surface area contributed by atoms with Crippen LogP contribution in [0.5, 0.6) is 0 Å². The molecule has 2 aromatic rings. The van der Waals surface area contributed by atoms with E-state index < -0.39 is 0 Å². The zero-order valence-electron chi connectivity index (χ0n) is 13.6. The van der Waals surface area contributed by atoms with Crippen LogP contribution in [0, 0.1) is 0 Å². The normalized spacial score (nSPS) is 13.5. The van der Waals surface area contributed by atoms with E-state index in [-0.39, 0.29) is 6.10 Å². The molecule has 0 saturated carbocycles. The molecule has 0 bridgehead atoms. The van der Waals surface area contributed by atoms with Gasteiger partial charge in [0.15, 0.2) is 0 Å². The van der Waals surface area contributed by atoms with Crippen molar-refractivity contribution in [2.45, 2.75) is 59.4 Å². The first-order valence-corrected chi connectivity index (χ1v) is 7.89. The van der Waals surface area contributed by atoms with Crippen molar-refractivity contribution >= 4 is 11.0 Å². The Balaban J connectivity index is 2.33. The Bertz CT molecular complexity index is 574. The molecule has 0 spiro atoms. The summed E-state index contributed by atoms with van der Waals surface area (Å²) in [5, 5.41) is 9.69. The summed E-state index contributed by atoms with van der Waals surface area (Å²) in [6.07, 6.45) is 0.766. The van der Waals surface area contributed by atoms with Crippen LogP contribution in [0.25, 0.3) is 11.0 Å². The van der Waals surface area contributed by atoms with E-state index in [1.807, 2.05) is 13.0 Å². The maximum Gasteiger partial charge on any atom is 0.124 e. The minimum atomic E-state index is -0.323. The van der Waals surface area contributed by atoms with Crippen molar-refractivity contribution in [3.63, 3.8) is 0 Å². The molecule has 1 aromatic carbocycles. The average molecular weight is 289 g/mol. The van der Waals surface area contributed by atoms with Crippen LogP contribution in [0.3, 0.4) is 0 Å². The number of nitrogens with zero attached hydrogens (tertiary/aromatic N) is 3. The van der Waals surface area contributed by atoms with Crippen LogP contribution < -0.4 is 0 Å². The van der Waals surface area contributed by atoms with Crippen molar-refractivity contribution in [3.05, 3.63) is 30.1 Å². The molecule has 1 unspecified atom stereocenters. The summed E-state index contributed by atoms with van der Waals surface area (Å²) in [4.78, 5) is 7.08. The molecule has 0 aliphatic heterocycles. The van der Waals surface area contributed by atoms with Crippen molar-refractivity contribution < 1.29 is 5.11 Å². The molecule has 0 saturated heterocycles. The summed E-state index contributed by atoms with van der Waals surface area (Å²) in [5.74, 6) is 1.09. The van der Waals surface area contributed by atoms with Crippen molar-refractivity contribution in [2.75, 3.05) is 6.54 Å². The number of fused-ring (bicyclic) bond motifs is 1. The van der Waals surface area contributed by atoms with Gasteiger partial charge in [-0.3, -0.25) is 4.90 Å². The van der Waals surface area contributed by atoms with Gasteiger partial charge in [-0.15, -0.1) is 0 Å². The van der Waals surface area contributed by atoms with Crippen molar-refractivity contribution in [2.24, 2.45) is 0 Å². The first-order chi connectivity index (χ1) is 10.0.